The lowest BCUT2D eigenvalue weighted by atomic mass is 9.75. The highest BCUT2D eigenvalue weighted by molar-refractivity contribution is 4.82. The Morgan fingerprint density at radius 1 is 1.00 bits per heavy atom. The van der Waals surface area contributed by atoms with Crippen molar-refractivity contribution in [2.45, 2.75) is 38.5 Å². The van der Waals surface area contributed by atoms with E-state index in [4.69, 9.17) is 5.73 Å². The zero-order valence-electron chi connectivity index (χ0n) is 9.17. The largest absolute Gasteiger partial charge is 0.330 e. The van der Waals surface area contributed by atoms with Gasteiger partial charge in [-0.25, -0.2) is 0 Å². The van der Waals surface area contributed by atoms with Crippen molar-refractivity contribution in [2.24, 2.45) is 23.5 Å². The van der Waals surface area contributed by atoms with E-state index in [9.17, 15) is 0 Å². The summed E-state index contributed by atoms with van der Waals surface area (Å²) in [5.41, 5.74) is 5.76. The topological polar surface area (TPSA) is 38.0 Å². The molecule has 0 aromatic heterocycles. The second kappa shape index (κ2) is 5.13. The molecule has 2 rings (SSSR count). The Hall–Kier alpha value is -0.0800. The molecule has 0 aromatic rings. The Kier molecular flexibility index (Phi) is 3.82. The fourth-order valence-corrected chi connectivity index (χ4v) is 3.21. The summed E-state index contributed by atoms with van der Waals surface area (Å²) in [7, 11) is 0. The number of hydrogen-bond acceptors (Lipinski definition) is 2. The molecule has 3 N–H and O–H groups in total. The van der Waals surface area contributed by atoms with Crippen LogP contribution in [0.25, 0.3) is 0 Å². The lowest BCUT2D eigenvalue weighted by molar-refractivity contribution is 0.176. The van der Waals surface area contributed by atoms with Crippen LogP contribution in [0.4, 0.5) is 0 Å². The van der Waals surface area contributed by atoms with Gasteiger partial charge in [0.05, 0.1) is 0 Å². The van der Waals surface area contributed by atoms with Gasteiger partial charge in [0.1, 0.15) is 0 Å². The maximum atomic E-state index is 5.76. The first-order valence-corrected chi connectivity index (χ1v) is 6.31. The number of nitrogens with two attached hydrogens (primary N) is 1. The number of nitrogens with one attached hydrogen (secondary N) is 1. The fourth-order valence-electron chi connectivity index (χ4n) is 3.21. The third-order valence-electron chi connectivity index (χ3n) is 4.13. The summed E-state index contributed by atoms with van der Waals surface area (Å²) in [5.74, 6) is 2.68. The normalized spacial score (nSPS) is 35.8. The van der Waals surface area contributed by atoms with Gasteiger partial charge in [-0.05, 0) is 43.8 Å². The van der Waals surface area contributed by atoms with E-state index in [1.54, 1.807) is 0 Å². The minimum atomic E-state index is 0.746. The molecule has 2 heteroatoms. The first-order valence-electron chi connectivity index (χ1n) is 6.31. The molecule has 2 atom stereocenters. The molecule has 1 aliphatic carbocycles. The lowest BCUT2D eigenvalue weighted by Crippen LogP contribution is -2.42. The Morgan fingerprint density at radius 2 is 1.79 bits per heavy atom. The van der Waals surface area contributed by atoms with Crippen molar-refractivity contribution in [3.8, 4) is 0 Å². The smallest absolute Gasteiger partial charge is 0.000823 e. The molecule has 0 amide bonds. The summed E-state index contributed by atoms with van der Waals surface area (Å²) >= 11 is 0. The maximum absolute atomic E-state index is 5.76. The Labute approximate surface area is 87.6 Å². The predicted molar refractivity (Wildman–Crippen MR) is 60.1 cm³/mol. The van der Waals surface area contributed by atoms with E-state index < -0.39 is 0 Å². The van der Waals surface area contributed by atoms with Crippen molar-refractivity contribution in [1.82, 2.24) is 5.32 Å². The van der Waals surface area contributed by atoms with E-state index in [1.807, 2.05) is 0 Å². The highest BCUT2D eigenvalue weighted by Crippen LogP contribution is 2.34. The van der Waals surface area contributed by atoms with Gasteiger partial charge in [0, 0.05) is 0 Å². The summed E-state index contributed by atoms with van der Waals surface area (Å²) < 4.78 is 0. The molecule has 2 unspecified atom stereocenters. The van der Waals surface area contributed by atoms with Crippen LogP contribution in [0.2, 0.25) is 0 Å². The second-order valence-electron chi connectivity index (χ2n) is 5.15. The van der Waals surface area contributed by atoms with Crippen LogP contribution < -0.4 is 11.1 Å². The molecule has 0 bridgehead atoms. The minimum Gasteiger partial charge on any atom is -0.330 e. The fraction of sp³-hybridized carbons (Fsp3) is 1.00. The number of rotatable bonds is 2. The molecule has 1 heterocycles. The van der Waals surface area contributed by atoms with Crippen molar-refractivity contribution < 1.29 is 0 Å². The van der Waals surface area contributed by atoms with Gasteiger partial charge in [0.25, 0.3) is 0 Å². The van der Waals surface area contributed by atoms with Crippen LogP contribution in [-0.4, -0.2) is 19.6 Å². The summed E-state index contributed by atoms with van der Waals surface area (Å²) in [6.45, 7) is 3.27. The first-order chi connectivity index (χ1) is 6.90. The second-order valence-corrected chi connectivity index (χ2v) is 5.15. The zero-order valence-corrected chi connectivity index (χ0v) is 9.17. The number of piperidine rings is 1. The van der Waals surface area contributed by atoms with Crippen LogP contribution >= 0.6 is 0 Å². The SMILES string of the molecule is NCC1CNCC(C2CCCCC2)C1. The monoisotopic (exact) mass is 196 g/mol. The molecular weight excluding hydrogens is 172 g/mol. The van der Waals surface area contributed by atoms with Crippen LogP contribution in [-0.2, 0) is 0 Å². The van der Waals surface area contributed by atoms with Crippen molar-refractivity contribution in [1.29, 1.82) is 0 Å². The Bertz CT molecular complexity index is 164. The Balaban J connectivity index is 1.83. The van der Waals surface area contributed by atoms with Gasteiger partial charge in [0.15, 0.2) is 0 Å². The van der Waals surface area contributed by atoms with Crippen LogP contribution in [0.15, 0.2) is 0 Å². The van der Waals surface area contributed by atoms with Gasteiger partial charge in [-0.2, -0.15) is 0 Å². The summed E-state index contributed by atoms with van der Waals surface area (Å²) in [5, 5.41) is 3.55. The Morgan fingerprint density at radius 3 is 2.50 bits per heavy atom. The van der Waals surface area contributed by atoms with Gasteiger partial charge in [0.2, 0.25) is 0 Å². The van der Waals surface area contributed by atoms with E-state index in [0.717, 1.165) is 30.8 Å². The van der Waals surface area contributed by atoms with Crippen LogP contribution in [0.5, 0.6) is 0 Å². The van der Waals surface area contributed by atoms with E-state index >= 15 is 0 Å². The van der Waals surface area contributed by atoms with Crippen molar-refractivity contribution in [3.05, 3.63) is 0 Å². The molecule has 1 saturated carbocycles. The first kappa shape index (κ1) is 10.4. The van der Waals surface area contributed by atoms with E-state index in [-0.39, 0.29) is 0 Å². The molecule has 2 nitrogen and oxygen atoms in total. The average Bonchev–Trinajstić information content (AvgIpc) is 2.30. The quantitative estimate of drug-likeness (QED) is 0.706. The van der Waals surface area contributed by atoms with Gasteiger partial charge in [-0.1, -0.05) is 32.1 Å². The van der Waals surface area contributed by atoms with Gasteiger partial charge in [-0.15, -0.1) is 0 Å². The zero-order chi connectivity index (χ0) is 9.80. The molecular formula is C12H24N2. The highest BCUT2D eigenvalue weighted by Gasteiger charge is 2.28. The van der Waals surface area contributed by atoms with Crippen LogP contribution in [0.3, 0.4) is 0 Å². The molecule has 2 fully saturated rings. The van der Waals surface area contributed by atoms with E-state index in [2.05, 4.69) is 5.32 Å². The summed E-state index contributed by atoms with van der Waals surface area (Å²) in [4.78, 5) is 0. The molecule has 82 valence electrons. The summed E-state index contributed by atoms with van der Waals surface area (Å²) in [6, 6.07) is 0. The van der Waals surface area contributed by atoms with Crippen molar-refractivity contribution >= 4 is 0 Å². The molecule has 0 radical (unpaired) electrons. The van der Waals surface area contributed by atoms with Gasteiger partial charge >= 0.3 is 0 Å². The van der Waals surface area contributed by atoms with E-state index in [1.165, 1.54) is 45.1 Å². The molecule has 1 saturated heterocycles. The molecule has 1 aliphatic heterocycles. The molecule has 14 heavy (non-hydrogen) atoms. The number of hydrogen-bond donors (Lipinski definition) is 2. The average molecular weight is 196 g/mol. The van der Waals surface area contributed by atoms with E-state index in [0.29, 0.717) is 0 Å². The van der Waals surface area contributed by atoms with Crippen LogP contribution in [0, 0.1) is 17.8 Å². The lowest BCUT2D eigenvalue weighted by Gasteiger charge is -2.36. The van der Waals surface area contributed by atoms with Crippen LogP contribution in [0.1, 0.15) is 38.5 Å². The third-order valence-corrected chi connectivity index (χ3v) is 4.13. The highest BCUT2D eigenvalue weighted by atomic mass is 14.9. The standard InChI is InChI=1S/C12H24N2/c13-7-10-6-12(9-14-8-10)11-4-2-1-3-5-11/h10-12,14H,1-9,13H2. The molecule has 0 aromatic carbocycles. The van der Waals surface area contributed by atoms with Crippen molar-refractivity contribution in [3.63, 3.8) is 0 Å². The predicted octanol–water partition coefficient (Wildman–Crippen LogP) is 1.75. The molecule has 0 spiro atoms. The maximum Gasteiger partial charge on any atom is -0.000823 e. The molecule has 2 aliphatic rings. The van der Waals surface area contributed by atoms with Crippen molar-refractivity contribution in [2.75, 3.05) is 19.6 Å². The summed E-state index contributed by atoms with van der Waals surface area (Å²) in [6.07, 6.45) is 8.74. The van der Waals surface area contributed by atoms with Gasteiger partial charge in [-0.3, -0.25) is 0 Å². The minimum absolute atomic E-state index is 0.746. The van der Waals surface area contributed by atoms with Gasteiger partial charge < -0.3 is 11.1 Å². The third kappa shape index (κ3) is 2.48.